The second-order valence-electron chi connectivity index (χ2n) is 6.08. The fourth-order valence-corrected chi connectivity index (χ4v) is 4.27. The number of hydrogen-bond acceptors (Lipinski definition) is 4. The lowest BCUT2D eigenvalue weighted by Crippen LogP contribution is -2.10. The summed E-state index contributed by atoms with van der Waals surface area (Å²) in [5.74, 6) is 0.449. The first-order valence-corrected chi connectivity index (χ1v) is 9.48. The van der Waals surface area contributed by atoms with Crippen LogP contribution in [0, 0.1) is 6.92 Å². The van der Waals surface area contributed by atoms with Gasteiger partial charge in [-0.15, -0.1) is 11.3 Å². The molecule has 2 aromatic carbocycles. The molecule has 6 heteroatoms. The number of nitrogens with zero attached hydrogens (tertiary/aromatic N) is 1. The molecule has 27 heavy (non-hydrogen) atoms. The Morgan fingerprint density at radius 3 is 2.70 bits per heavy atom. The minimum atomic E-state index is -0.222. The van der Waals surface area contributed by atoms with E-state index < -0.39 is 0 Å². The number of rotatable bonds is 3. The fraction of sp³-hybridized carbons (Fsp3) is 0.0476. The molecule has 0 atom stereocenters. The molecule has 0 unspecified atom stereocenters. The maximum Gasteiger partial charge on any atom is 0.260 e. The van der Waals surface area contributed by atoms with E-state index in [1.807, 2.05) is 43.3 Å². The van der Waals surface area contributed by atoms with Crippen molar-refractivity contribution in [2.45, 2.75) is 6.92 Å². The summed E-state index contributed by atoms with van der Waals surface area (Å²) in [6, 6.07) is 16.5. The van der Waals surface area contributed by atoms with E-state index in [2.05, 4.69) is 9.97 Å². The topological polar surface area (TPSA) is 66.0 Å². The Morgan fingerprint density at radius 1 is 1.19 bits per heavy atom. The van der Waals surface area contributed by atoms with Crippen molar-refractivity contribution < 1.29 is 5.11 Å². The summed E-state index contributed by atoms with van der Waals surface area (Å²) >= 11 is 7.85. The van der Waals surface area contributed by atoms with E-state index in [1.165, 1.54) is 11.3 Å². The molecule has 0 fully saturated rings. The van der Waals surface area contributed by atoms with Gasteiger partial charge in [-0.2, -0.15) is 0 Å². The van der Waals surface area contributed by atoms with Gasteiger partial charge in [0, 0.05) is 10.4 Å². The fourth-order valence-electron chi connectivity index (χ4n) is 3.01. The molecule has 0 aliphatic heterocycles. The first-order chi connectivity index (χ1) is 13.0. The number of aromatic hydroxyl groups is 1. The average molecular weight is 395 g/mol. The number of phenols is 1. The van der Waals surface area contributed by atoms with Crippen LogP contribution in [0.1, 0.15) is 16.3 Å². The van der Waals surface area contributed by atoms with Gasteiger partial charge in [0.15, 0.2) is 5.82 Å². The molecule has 2 heterocycles. The zero-order chi connectivity index (χ0) is 19.0. The summed E-state index contributed by atoms with van der Waals surface area (Å²) in [5, 5.41) is 10.5. The van der Waals surface area contributed by atoms with Gasteiger partial charge >= 0.3 is 0 Å². The van der Waals surface area contributed by atoms with E-state index in [1.54, 1.807) is 24.3 Å². The van der Waals surface area contributed by atoms with E-state index >= 15 is 0 Å². The summed E-state index contributed by atoms with van der Waals surface area (Å²) in [6.07, 6.45) is 1.66. The number of H-pyrrole nitrogens is 1. The molecule has 0 saturated carbocycles. The highest BCUT2D eigenvalue weighted by Gasteiger charge is 2.17. The summed E-state index contributed by atoms with van der Waals surface area (Å²) in [4.78, 5) is 21.8. The van der Waals surface area contributed by atoms with Gasteiger partial charge in [-0.25, -0.2) is 4.98 Å². The third-order valence-corrected chi connectivity index (χ3v) is 5.48. The molecule has 0 aliphatic carbocycles. The smallest absolute Gasteiger partial charge is 0.260 e. The van der Waals surface area contributed by atoms with Crippen LogP contribution in [-0.2, 0) is 0 Å². The molecular formula is C21H15ClN2O2S. The number of thiophene rings is 1. The van der Waals surface area contributed by atoms with Gasteiger partial charge in [-0.05, 0) is 36.3 Å². The van der Waals surface area contributed by atoms with Gasteiger partial charge < -0.3 is 10.1 Å². The lowest BCUT2D eigenvalue weighted by atomic mass is 10.0. The van der Waals surface area contributed by atoms with Crippen LogP contribution in [-0.4, -0.2) is 15.1 Å². The highest BCUT2D eigenvalue weighted by atomic mass is 35.5. The molecule has 0 saturated heterocycles. The number of hydrogen-bond donors (Lipinski definition) is 2. The molecule has 2 N–H and O–H groups in total. The lowest BCUT2D eigenvalue weighted by molar-refractivity contribution is 0.475. The third kappa shape index (κ3) is 3.39. The Morgan fingerprint density at radius 2 is 1.96 bits per heavy atom. The van der Waals surface area contributed by atoms with E-state index in [9.17, 15) is 9.90 Å². The van der Waals surface area contributed by atoms with Crippen molar-refractivity contribution in [2.24, 2.45) is 0 Å². The Bertz CT molecular complexity index is 1230. The largest absolute Gasteiger partial charge is 0.508 e. The molecule has 0 amide bonds. The highest BCUT2D eigenvalue weighted by molar-refractivity contribution is 7.19. The molecule has 4 aromatic rings. The monoisotopic (exact) mass is 394 g/mol. The number of fused-ring (bicyclic) bond motifs is 1. The van der Waals surface area contributed by atoms with Crippen LogP contribution in [0.25, 0.3) is 32.5 Å². The Balaban J connectivity index is 1.85. The van der Waals surface area contributed by atoms with E-state index in [4.69, 9.17) is 11.6 Å². The zero-order valence-corrected chi connectivity index (χ0v) is 15.9. The standard InChI is InChI=1S/C21H15ClN2O2S/c1-12-17(14-7-3-2-4-8-14)18-20(26)23-19(24-21(18)27-12)16(22)11-13-6-5-9-15(25)10-13/h2-11,25H,1H3,(H,23,24,26)/b16-11-. The van der Waals surface area contributed by atoms with Gasteiger partial charge in [-0.3, -0.25) is 4.79 Å². The maximum absolute atomic E-state index is 12.8. The molecule has 4 rings (SSSR count). The molecule has 0 aliphatic rings. The minimum Gasteiger partial charge on any atom is -0.508 e. The molecule has 0 bridgehead atoms. The molecule has 4 nitrogen and oxygen atoms in total. The number of aromatic amines is 1. The van der Waals surface area contributed by atoms with Crippen LogP contribution in [0.15, 0.2) is 59.4 Å². The number of aryl methyl sites for hydroxylation is 1. The molecule has 134 valence electrons. The molecule has 0 spiro atoms. The normalized spacial score (nSPS) is 11.9. The summed E-state index contributed by atoms with van der Waals surface area (Å²) in [5.41, 5.74) is 2.39. The third-order valence-electron chi connectivity index (χ3n) is 4.19. The average Bonchev–Trinajstić information content (AvgIpc) is 2.99. The Hall–Kier alpha value is -2.89. The Labute approximate surface area is 164 Å². The van der Waals surface area contributed by atoms with E-state index in [0.717, 1.165) is 21.6 Å². The van der Waals surface area contributed by atoms with Gasteiger partial charge in [0.05, 0.1) is 10.4 Å². The Kier molecular flexibility index (Phi) is 4.56. The van der Waals surface area contributed by atoms with Gasteiger partial charge in [-0.1, -0.05) is 54.1 Å². The van der Waals surface area contributed by atoms with Crippen LogP contribution in [0.5, 0.6) is 5.75 Å². The van der Waals surface area contributed by atoms with E-state index in [-0.39, 0.29) is 11.3 Å². The van der Waals surface area contributed by atoms with Gasteiger partial charge in [0.25, 0.3) is 5.56 Å². The zero-order valence-electron chi connectivity index (χ0n) is 14.4. The van der Waals surface area contributed by atoms with E-state index in [0.29, 0.717) is 21.1 Å². The predicted molar refractivity (Wildman–Crippen MR) is 112 cm³/mol. The van der Waals surface area contributed by atoms with Crippen molar-refractivity contribution in [2.75, 3.05) is 0 Å². The summed E-state index contributed by atoms with van der Waals surface area (Å²) in [6.45, 7) is 1.98. The number of nitrogens with one attached hydrogen (secondary N) is 1. The first kappa shape index (κ1) is 17.5. The maximum atomic E-state index is 12.8. The highest BCUT2D eigenvalue weighted by Crippen LogP contribution is 2.36. The van der Waals surface area contributed by atoms with Crippen LogP contribution >= 0.6 is 22.9 Å². The number of phenolic OH excluding ortho intramolecular Hbond substituents is 1. The molecular weight excluding hydrogens is 380 g/mol. The molecule has 2 aromatic heterocycles. The predicted octanol–water partition coefficient (Wildman–Crippen LogP) is 5.40. The number of benzene rings is 2. The summed E-state index contributed by atoms with van der Waals surface area (Å²) < 4.78 is 0. The van der Waals surface area contributed by atoms with Gasteiger partial charge in [0.1, 0.15) is 10.6 Å². The SMILES string of the molecule is Cc1sc2nc(/C(Cl)=C/c3cccc(O)c3)[nH]c(=O)c2c1-c1ccccc1. The lowest BCUT2D eigenvalue weighted by Gasteiger charge is -2.03. The van der Waals surface area contributed by atoms with Crippen molar-refractivity contribution >= 4 is 44.3 Å². The van der Waals surface area contributed by atoms with Gasteiger partial charge in [0.2, 0.25) is 0 Å². The van der Waals surface area contributed by atoms with Crippen LogP contribution in [0.2, 0.25) is 0 Å². The number of aromatic nitrogens is 2. The van der Waals surface area contributed by atoms with Crippen molar-refractivity contribution in [3.63, 3.8) is 0 Å². The van der Waals surface area contributed by atoms with Crippen LogP contribution < -0.4 is 5.56 Å². The quantitative estimate of drug-likeness (QED) is 0.488. The van der Waals surface area contributed by atoms with Crippen LogP contribution in [0.3, 0.4) is 0 Å². The van der Waals surface area contributed by atoms with Crippen molar-refractivity contribution in [3.8, 4) is 16.9 Å². The first-order valence-electron chi connectivity index (χ1n) is 8.28. The summed E-state index contributed by atoms with van der Waals surface area (Å²) in [7, 11) is 0. The minimum absolute atomic E-state index is 0.145. The molecule has 0 radical (unpaired) electrons. The van der Waals surface area contributed by atoms with Crippen molar-refractivity contribution in [1.29, 1.82) is 0 Å². The van der Waals surface area contributed by atoms with Crippen LogP contribution in [0.4, 0.5) is 0 Å². The second kappa shape index (κ2) is 7.02. The van der Waals surface area contributed by atoms with Crippen molar-refractivity contribution in [3.05, 3.63) is 81.2 Å². The van der Waals surface area contributed by atoms with Crippen molar-refractivity contribution in [1.82, 2.24) is 9.97 Å². The second-order valence-corrected chi connectivity index (χ2v) is 7.69. The number of halogens is 1.